The second-order valence-electron chi connectivity index (χ2n) is 10.8. The van der Waals surface area contributed by atoms with Crippen LogP contribution < -0.4 is 0 Å². The van der Waals surface area contributed by atoms with Crippen molar-refractivity contribution in [2.75, 3.05) is 39.3 Å². The molecule has 2 rings (SSSR count). The van der Waals surface area contributed by atoms with Gasteiger partial charge in [0.1, 0.15) is 11.2 Å². The van der Waals surface area contributed by atoms with Gasteiger partial charge in [0.05, 0.1) is 0 Å². The Morgan fingerprint density at radius 2 is 1.09 bits per heavy atom. The predicted octanol–water partition coefficient (Wildman–Crippen LogP) is 5.15. The molecule has 0 unspecified atom stereocenters. The molecule has 0 atom stereocenters. The van der Waals surface area contributed by atoms with Crippen molar-refractivity contribution in [3.8, 4) is 0 Å². The van der Waals surface area contributed by atoms with E-state index in [1.165, 1.54) is 5.56 Å². The molecule has 1 aromatic carbocycles. The first-order valence-electron chi connectivity index (χ1n) is 12.1. The number of amides is 2. The average molecular weight is 462 g/mol. The summed E-state index contributed by atoms with van der Waals surface area (Å²) in [4.78, 5) is 31.5. The number of hydrogen-bond acceptors (Lipinski definition) is 5. The van der Waals surface area contributed by atoms with E-state index in [4.69, 9.17) is 9.47 Å². The highest BCUT2D eigenvalue weighted by molar-refractivity contribution is 5.68. The van der Waals surface area contributed by atoms with Gasteiger partial charge in [-0.15, -0.1) is 0 Å². The fourth-order valence-corrected chi connectivity index (χ4v) is 3.78. The number of carbonyl (C=O) groups is 2. The fourth-order valence-electron chi connectivity index (χ4n) is 3.78. The molecular weight excluding hydrogens is 418 g/mol. The molecule has 33 heavy (non-hydrogen) atoms. The van der Waals surface area contributed by atoms with Crippen molar-refractivity contribution in [1.82, 2.24) is 14.7 Å². The second kappa shape index (κ2) is 12.3. The van der Waals surface area contributed by atoms with Crippen molar-refractivity contribution in [2.45, 2.75) is 78.6 Å². The summed E-state index contributed by atoms with van der Waals surface area (Å²) in [7, 11) is 0. The van der Waals surface area contributed by atoms with Crippen molar-refractivity contribution in [1.29, 1.82) is 0 Å². The lowest BCUT2D eigenvalue weighted by Crippen LogP contribution is -2.43. The van der Waals surface area contributed by atoms with E-state index < -0.39 is 11.2 Å². The molecule has 186 valence electrons. The molecule has 0 N–H and O–H groups in total. The van der Waals surface area contributed by atoms with Crippen LogP contribution in [0.2, 0.25) is 0 Å². The molecule has 1 aromatic rings. The van der Waals surface area contributed by atoms with Crippen LogP contribution in [0.1, 0.15) is 66.4 Å². The smallest absolute Gasteiger partial charge is 0.410 e. The molecule has 0 radical (unpaired) electrons. The molecule has 1 aliphatic rings. The minimum atomic E-state index is -0.539. The Labute approximate surface area is 200 Å². The third-order valence-electron chi connectivity index (χ3n) is 5.21. The number of rotatable bonds is 2. The van der Waals surface area contributed by atoms with E-state index in [2.05, 4.69) is 29.2 Å². The maximum Gasteiger partial charge on any atom is 0.410 e. The van der Waals surface area contributed by atoms with Crippen LogP contribution in [-0.4, -0.2) is 77.4 Å². The molecule has 0 bridgehead atoms. The highest BCUT2D eigenvalue weighted by Gasteiger charge is 2.25. The standard InChI is InChI=1S/C26H43N3O4/c1-25(2,3)32-23(30)28-17-10-15-27(21-22-13-8-7-9-14-22)16-11-18-29(20-12-19-28)24(31)33-26(4,5)6/h7-9,13-14H,10-12,15-21H2,1-6H3. The first-order chi connectivity index (χ1) is 15.4. The topological polar surface area (TPSA) is 62.3 Å². The Balaban J connectivity index is 2.12. The quantitative estimate of drug-likeness (QED) is 0.610. The van der Waals surface area contributed by atoms with E-state index in [9.17, 15) is 9.59 Å². The van der Waals surface area contributed by atoms with E-state index >= 15 is 0 Å². The molecule has 7 heteroatoms. The number of nitrogens with zero attached hydrogens (tertiary/aromatic N) is 3. The van der Waals surface area contributed by atoms with Gasteiger partial charge in [0.15, 0.2) is 0 Å². The monoisotopic (exact) mass is 461 g/mol. The zero-order valence-corrected chi connectivity index (χ0v) is 21.4. The van der Waals surface area contributed by atoms with E-state index in [1.54, 1.807) is 9.80 Å². The Bertz CT molecular complexity index is 698. The van der Waals surface area contributed by atoms with Crippen molar-refractivity contribution in [3.63, 3.8) is 0 Å². The van der Waals surface area contributed by atoms with Crippen LogP contribution in [0.3, 0.4) is 0 Å². The fraction of sp³-hybridized carbons (Fsp3) is 0.692. The average Bonchev–Trinajstić information content (AvgIpc) is 2.67. The first-order valence-corrected chi connectivity index (χ1v) is 12.1. The van der Waals surface area contributed by atoms with Gasteiger partial charge < -0.3 is 19.3 Å². The lowest BCUT2D eigenvalue weighted by atomic mass is 10.2. The zero-order chi connectivity index (χ0) is 24.5. The Kier molecular flexibility index (Phi) is 10.0. The van der Waals surface area contributed by atoms with Crippen LogP contribution in [-0.2, 0) is 16.0 Å². The SMILES string of the molecule is CC(C)(C)OC(=O)N1CCCN(Cc2ccccc2)CCCN(C(=O)OC(C)(C)C)CCC1. The second-order valence-corrected chi connectivity index (χ2v) is 10.8. The Morgan fingerprint density at radius 3 is 1.48 bits per heavy atom. The Hall–Kier alpha value is -2.28. The van der Waals surface area contributed by atoms with Gasteiger partial charge in [0.25, 0.3) is 0 Å². The molecular formula is C26H43N3O4. The molecule has 0 aliphatic carbocycles. The van der Waals surface area contributed by atoms with Gasteiger partial charge in [0.2, 0.25) is 0 Å². The van der Waals surface area contributed by atoms with E-state index in [1.807, 2.05) is 47.6 Å². The normalized spacial score (nSPS) is 17.6. The van der Waals surface area contributed by atoms with Crippen molar-refractivity contribution in [2.24, 2.45) is 0 Å². The van der Waals surface area contributed by atoms with Gasteiger partial charge in [-0.05, 0) is 66.4 Å². The van der Waals surface area contributed by atoms with Crippen molar-refractivity contribution < 1.29 is 19.1 Å². The largest absolute Gasteiger partial charge is 0.444 e. The van der Waals surface area contributed by atoms with Gasteiger partial charge >= 0.3 is 12.2 Å². The maximum atomic E-state index is 12.8. The maximum absolute atomic E-state index is 12.8. The van der Waals surface area contributed by atoms with Gasteiger partial charge in [-0.25, -0.2) is 9.59 Å². The number of ether oxygens (including phenoxy) is 2. The van der Waals surface area contributed by atoms with Crippen molar-refractivity contribution >= 4 is 12.2 Å². The van der Waals surface area contributed by atoms with Crippen LogP contribution in [0.5, 0.6) is 0 Å². The summed E-state index contributed by atoms with van der Waals surface area (Å²) in [5.74, 6) is 0. The third-order valence-corrected chi connectivity index (χ3v) is 5.21. The van der Waals surface area contributed by atoms with E-state index in [0.29, 0.717) is 32.6 Å². The van der Waals surface area contributed by atoms with E-state index in [0.717, 1.165) is 32.5 Å². The minimum Gasteiger partial charge on any atom is -0.444 e. The summed E-state index contributed by atoms with van der Waals surface area (Å²) in [6, 6.07) is 10.4. The van der Waals surface area contributed by atoms with Crippen molar-refractivity contribution in [3.05, 3.63) is 35.9 Å². The summed E-state index contributed by atoms with van der Waals surface area (Å²) < 4.78 is 11.3. The highest BCUT2D eigenvalue weighted by atomic mass is 16.6. The summed E-state index contributed by atoms with van der Waals surface area (Å²) in [5, 5.41) is 0. The Morgan fingerprint density at radius 1 is 0.697 bits per heavy atom. The van der Waals surface area contributed by atoms with Crippen LogP contribution >= 0.6 is 0 Å². The molecule has 0 saturated carbocycles. The van der Waals surface area contributed by atoms with Crippen LogP contribution in [0.25, 0.3) is 0 Å². The lowest BCUT2D eigenvalue weighted by molar-refractivity contribution is 0.0186. The molecule has 1 heterocycles. The highest BCUT2D eigenvalue weighted by Crippen LogP contribution is 2.15. The summed E-state index contributed by atoms with van der Waals surface area (Å²) in [6.07, 6.45) is 1.85. The number of benzene rings is 1. The summed E-state index contributed by atoms with van der Waals surface area (Å²) in [6.45, 7) is 16.3. The molecule has 0 spiro atoms. The zero-order valence-electron chi connectivity index (χ0n) is 21.4. The first kappa shape index (κ1) is 27.0. The van der Waals surface area contributed by atoms with Gasteiger partial charge in [0, 0.05) is 45.8 Å². The molecule has 7 nitrogen and oxygen atoms in total. The molecule has 0 aromatic heterocycles. The van der Waals surface area contributed by atoms with Gasteiger partial charge in [-0.3, -0.25) is 4.90 Å². The molecule has 1 fully saturated rings. The predicted molar refractivity (Wildman–Crippen MR) is 131 cm³/mol. The van der Waals surface area contributed by atoms with Gasteiger partial charge in [-0.2, -0.15) is 0 Å². The van der Waals surface area contributed by atoms with Crippen LogP contribution in [0.15, 0.2) is 30.3 Å². The molecule has 2 amide bonds. The number of carbonyl (C=O) groups excluding carboxylic acids is 2. The number of hydrogen-bond donors (Lipinski definition) is 0. The molecule has 1 saturated heterocycles. The minimum absolute atomic E-state index is 0.294. The van der Waals surface area contributed by atoms with Crippen LogP contribution in [0, 0.1) is 0 Å². The van der Waals surface area contributed by atoms with Crippen LogP contribution in [0.4, 0.5) is 9.59 Å². The van der Waals surface area contributed by atoms with Gasteiger partial charge in [-0.1, -0.05) is 30.3 Å². The van der Waals surface area contributed by atoms with E-state index in [-0.39, 0.29) is 12.2 Å². The summed E-state index contributed by atoms with van der Waals surface area (Å²) in [5.41, 5.74) is 0.184. The summed E-state index contributed by atoms with van der Waals surface area (Å²) >= 11 is 0. The molecule has 1 aliphatic heterocycles. The lowest BCUT2D eigenvalue weighted by Gasteiger charge is -2.32. The third kappa shape index (κ3) is 10.9.